The third kappa shape index (κ3) is 5.15. The molecule has 4 N–H and O–H groups in total. The first-order valence-electron chi connectivity index (χ1n) is 9.00. The van der Waals surface area contributed by atoms with Crippen LogP contribution in [-0.4, -0.2) is 47.0 Å². The number of amides is 1. The van der Waals surface area contributed by atoms with Gasteiger partial charge in [0.1, 0.15) is 11.5 Å². The summed E-state index contributed by atoms with van der Waals surface area (Å²) in [5, 5.41) is 33.3. The second-order valence-electron chi connectivity index (χ2n) is 7.55. The molecule has 0 saturated carbocycles. The molecule has 1 heterocycles. The maximum Gasteiger partial charge on any atom is 0.547 e. The van der Waals surface area contributed by atoms with E-state index >= 15 is 0 Å². The summed E-state index contributed by atoms with van der Waals surface area (Å²) in [6.45, 7) is 6.18. The predicted molar refractivity (Wildman–Crippen MR) is 99.1 cm³/mol. The molecule has 0 saturated heterocycles. The molecule has 1 aliphatic rings. The van der Waals surface area contributed by atoms with Gasteiger partial charge >= 0.3 is 13.1 Å². The molecule has 2 atom stereocenters. The normalized spacial score (nSPS) is 17.4. The van der Waals surface area contributed by atoms with E-state index in [4.69, 9.17) is 14.1 Å². The largest absolute Gasteiger partial charge is 0.547 e. The van der Waals surface area contributed by atoms with E-state index in [1.807, 2.05) is 0 Å². The molecule has 2 rings (SSSR count). The van der Waals surface area contributed by atoms with Gasteiger partial charge in [-0.1, -0.05) is 13.0 Å². The number of nitrogens with one attached hydrogen (secondary N) is 1. The molecule has 10 heteroatoms. The van der Waals surface area contributed by atoms with Crippen molar-refractivity contribution in [2.45, 2.75) is 52.8 Å². The smallest absolute Gasteiger partial charge is 0.534 e. The first-order valence-corrected chi connectivity index (χ1v) is 9.00. The summed E-state index contributed by atoms with van der Waals surface area (Å²) >= 11 is 0. The molecule has 0 aliphatic carbocycles. The van der Waals surface area contributed by atoms with Gasteiger partial charge in [0.2, 0.25) is 5.91 Å². The second-order valence-corrected chi connectivity index (χ2v) is 7.55. The number of carbonyl (C=O) groups is 2. The zero-order valence-corrected chi connectivity index (χ0v) is 16.4. The van der Waals surface area contributed by atoms with Crippen molar-refractivity contribution in [1.82, 2.24) is 5.32 Å². The van der Waals surface area contributed by atoms with Gasteiger partial charge in [0.25, 0.3) is 0 Å². The Labute approximate surface area is 163 Å². The molecule has 9 nitrogen and oxygen atoms in total. The lowest BCUT2D eigenvalue weighted by molar-refractivity contribution is -0.193. The van der Waals surface area contributed by atoms with Crippen molar-refractivity contribution < 1.29 is 39.0 Å². The number of hydrogen-bond donors (Lipinski definition) is 4. The first-order chi connectivity index (χ1) is 13.0. The Balaban J connectivity index is 2.13. The van der Waals surface area contributed by atoms with Crippen molar-refractivity contribution in [1.29, 1.82) is 0 Å². The van der Waals surface area contributed by atoms with Gasteiger partial charge in [0.05, 0.1) is 16.9 Å². The Hall–Kier alpha value is -2.30. The van der Waals surface area contributed by atoms with E-state index in [-0.39, 0.29) is 35.8 Å². The first kappa shape index (κ1) is 22.0. The summed E-state index contributed by atoms with van der Waals surface area (Å²) in [5.41, 5.74) is -0.259. The number of esters is 1. The van der Waals surface area contributed by atoms with Gasteiger partial charge in [-0.05, 0) is 38.8 Å². The molecular formula is C18H26BNO8. The minimum atomic E-state index is -1.66. The molecule has 1 aromatic rings. The van der Waals surface area contributed by atoms with Crippen LogP contribution in [0.2, 0.25) is 0 Å². The molecule has 0 aromatic heterocycles. The van der Waals surface area contributed by atoms with Crippen molar-refractivity contribution in [2.75, 3.05) is 6.79 Å². The van der Waals surface area contributed by atoms with Crippen molar-refractivity contribution in [3.63, 3.8) is 0 Å². The van der Waals surface area contributed by atoms with Crippen LogP contribution in [-0.2, 0) is 25.5 Å². The van der Waals surface area contributed by atoms with Crippen molar-refractivity contribution in [3.8, 4) is 11.5 Å². The Morgan fingerprint density at radius 3 is 2.68 bits per heavy atom. The zero-order valence-electron chi connectivity index (χ0n) is 16.4. The highest BCUT2D eigenvalue weighted by Gasteiger charge is 2.38. The number of rotatable bonds is 6. The topological polar surface area (TPSA) is 135 Å². The minimum Gasteiger partial charge on any atom is -0.534 e. The lowest BCUT2D eigenvalue weighted by Gasteiger charge is -2.30. The third-order valence-electron chi connectivity index (χ3n) is 4.22. The Morgan fingerprint density at radius 2 is 2.07 bits per heavy atom. The van der Waals surface area contributed by atoms with Crippen LogP contribution >= 0.6 is 0 Å². The van der Waals surface area contributed by atoms with Crippen LogP contribution in [0.4, 0.5) is 0 Å². The maximum atomic E-state index is 11.7. The molecule has 28 heavy (non-hydrogen) atoms. The highest BCUT2D eigenvalue weighted by atomic mass is 16.7. The number of ether oxygens (including phenoxy) is 2. The SMILES string of the molecule is CCC(=O)N[C@H]1Cc2ccc(O)c(C(O)OCOC(=O)C(C)(C)C)c2OB1O. The molecule has 1 amide bonds. The standard InChI is InChI=1S/C18H26BNO8/c1-5-13(22)20-12-8-10-6-7-11(21)14(15(10)28-19(12)25)16(23)26-9-27-17(24)18(2,3)4/h6-7,12,16,21,23,25H,5,8-9H2,1-4H3,(H,20,22)/t12-,16?/m0/s1. The molecule has 0 fully saturated rings. The fourth-order valence-corrected chi connectivity index (χ4v) is 2.60. The van der Waals surface area contributed by atoms with Gasteiger partial charge < -0.3 is 34.7 Å². The Morgan fingerprint density at radius 1 is 1.39 bits per heavy atom. The highest BCUT2D eigenvalue weighted by Crippen LogP contribution is 2.40. The van der Waals surface area contributed by atoms with E-state index in [0.717, 1.165) is 0 Å². The van der Waals surface area contributed by atoms with Crippen LogP contribution < -0.4 is 9.97 Å². The van der Waals surface area contributed by atoms with Crippen LogP contribution in [0.3, 0.4) is 0 Å². The van der Waals surface area contributed by atoms with E-state index in [9.17, 15) is 24.8 Å². The second kappa shape index (κ2) is 8.81. The summed E-state index contributed by atoms with van der Waals surface area (Å²) in [4.78, 5) is 23.3. The van der Waals surface area contributed by atoms with Gasteiger partial charge in [0.15, 0.2) is 13.1 Å². The average Bonchev–Trinajstić information content (AvgIpc) is 2.61. The van der Waals surface area contributed by atoms with E-state index in [2.05, 4.69) is 5.32 Å². The predicted octanol–water partition coefficient (Wildman–Crippen LogP) is 0.796. The average molecular weight is 395 g/mol. The lowest BCUT2D eigenvalue weighted by atomic mass is 9.72. The number of benzene rings is 1. The Bertz CT molecular complexity index is 733. The van der Waals surface area contributed by atoms with Gasteiger partial charge in [-0.2, -0.15) is 0 Å². The van der Waals surface area contributed by atoms with Gasteiger partial charge in [0, 0.05) is 6.42 Å². The number of hydrogen-bond acceptors (Lipinski definition) is 8. The van der Waals surface area contributed by atoms with E-state index in [0.29, 0.717) is 5.56 Å². The number of phenolic OH excluding ortho intramolecular Hbond substituents is 1. The number of carbonyl (C=O) groups excluding carboxylic acids is 2. The van der Waals surface area contributed by atoms with Crippen LogP contribution in [0.15, 0.2) is 12.1 Å². The molecular weight excluding hydrogens is 369 g/mol. The molecule has 0 radical (unpaired) electrons. The molecule has 0 spiro atoms. The number of aromatic hydroxyl groups is 1. The summed E-state index contributed by atoms with van der Waals surface area (Å²) in [7, 11) is -1.37. The van der Waals surface area contributed by atoms with Crippen LogP contribution in [0, 0.1) is 5.41 Å². The third-order valence-corrected chi connectivity index (χ3v) is 4.22. The molecule has 1 aromatic carbocycles. The quantitative estimate of drug-likeness (QED) is 0.316. The molecule has 1 aliphatic heterocycles. The summed E-state index contributed by atoms with van der Waals surface area (Å²) in [6.07, 6.45) is -1.16. The van der Waals surface area contributed by atoms with E-state index < -0.39 is 37.5 Å². The van der Waals surface area contributed by atoms with E-state index in [1.54, 1.807) is 33.8 Å². The van der Waals surface area contributed by atoms with Gasteiger partial charge in [-0.15, -0.1) is 0 Å². The maximum absolute atomic E-state index is 11.7. The van der Waals surface area contributed by atoms with Crippen molar-refractivity contribution in [3.05, 3.63) is 23.3 Å². The minimum absolute atomic E-state index is 0.0594. The number of phenols is 1. The fourth-order valence-electron chi connectivity index (χ4n) is 2.60. The summed E-state index contributed by atoms with van der Waals surface area (Å²) in [5.74, 6) is -1.66. The van der Waals surface area contributed by atoms with Crippen LogP contribution in [0.1, 0.15) is 51.5 Å². The Kier molecular flexibility index (Phi) is 6.92. The van der Waals surface area contributed by atoms with Crippen molar-refractivity contribution in [2.24, 2.45) is 5.41 Å². The summed E-state index contributed by atoms with van der Waals surface area (Å²) < 4.78 is 15.5. The highest BCUT2D eigenvalue weighted by molar-refractivity contribution is 6.46. The number of aliphatic hydroxyl groups is 1. The van der Waals surface area contributed by atoms with E-state index in [1.165, 1.54) is 6.07 Å². The molecule has 1 unspecified atom stereocenters. The molecule has 154 valence electrons. The monoisotopic (exact) mass is 395 g/mol. The summed E-state index contributed by atoms with van der Waals surface area (Å²) in [6, 6.07) is 2.92. The number of aliphatic hydroxyl groups excluding tert-OH is 1. The molecule has 0 bridgehead atoms. The van der Waals surface area contributed by atoms with Crippen LogP contribution in [0.25, 0.3) is 0 Å². The van der Waals surface area contributed by atoms with Crippen molar-refractivity contribution >= 4 is 19.0 Å². The van der Waals surface area contributed by atoms with Gasteiger partial charge in [-0.25, -0.2) is 0 Å². The van der Waals surface area contributed by atoms with Gasteiger partial charge in [-0.3, -0.25) is 9.59 Å². The zero-order chi connectivity index (χ0) is 21.1. The van der Waals surface area contributed by atoms with Crippen LogP contribution in [0.5, 0.6) is 11.5 Å². The lowest BCUT2D eigenvalue weighted by Crippen LogP contribution is -2.53. The number of fused-ring (bicyclic) bond motifs is 1. The fraction of sp³-hybridized carbons (Fsp3) is 0.556.